The fourth-order valence-corrected chi connectivity index (χ4v) is 2.06. The minimum atomic E-state index is -1.38. The van der Waals surface area contributed by atoms with E-state index in [-0.39, 0.29) is 0 Å². The average molecular weight is 252 g/mol. The Labute approximate surface area is 102 Å². The van der Waals surface area contributed by atoms with Gasteiger partial charge >= 0.3 is 11.7 Å². The molecule has 0 bridgehead atoms. The van der Waals surface area contributed by atoms with Gasteiger partial charge in [-0.25, -0.2) is 4.79 Å². The van der Waals surface area contributed by atoms with E-state index in [4.69, 9.17) is 5.11 Å². The van der Waals surface area contributed by atoms with Crippen LogP contribution in [-0.2, 0) is 0 Å². The Morgan fingerprint density at radius 2 is 1.94 bits per heavy atom. The smallest absolute Gasteiger partial charge is 0.339 e. The van der Waals surface area contributed by atoms with E-state index < -0.39 is 27.9 Å². The number of carboxylic acids is 1. The van der Waals surface area contributed by atoms with E-state index in [9.17, 15) is 20.0 Å². The number of aromatic hydroxyl groups is 1. The molecular weight excluding hydrogens is 240 g/mol. The van der Waals surface area contributed by atoms with Crippen molar-refractivity contribution < 1.29 is 19.9 Å². The zero-order valence-corrected chi connectivity index (χ0v) is 9.50. The SMILES string of the molecule is O=C(O)c1cc(N2CCCC2)cc([N+](=O)[O-])c1O. The van der Waals surface area contributed by atoms with Gasteiger partial charge in [-0.05, 0) is 18.9 Å². The molecule has 0 unspecified atom stereocenters. The number of nitro groups is 1. The molecule has 7 nitrogen and oxygen atoms in total. The summed E-state index contributed by atoms with van der Waals surface area (Å²) in [6.45, 7) is 1.47. The first-order valence-electron chi connectivity index (χ1n) is 5.50. The molecule has 0 saturated carbocycles. The highest BCUT2D eigenvalue weighted by molar-refractivity contribution is 5.94. The van der Waals surface area contributed by atoms with Gasteiger partial charge < -0.3 is 15.1 Å². The van der Waals surface area contributed by atoms with Crippen molar-refractivity contribution in [2.75, 3.05) is 18.0 Å². The first-order valence-corrected chi connectivity index (χ1v) is 5.50. The van der Waals surface area contributed by atoms with E-state index in [0.717, 1.165) is 25.9 Å². The summed E-state index contributed by atoms with van der Waals surface area (Å²) in [4.78, 5) is 22.9. The van der Waals surface area contributed by atoms with Gasteiger partial charge in [-0.3, -0.25) is 10.1 Å². The van der Waals surface area contributed by atoms with E-state index in [2.05, 4.69) is 0 Å². The number of carbonyl (C=O) groups is 1. The first kappa shape index (κ1) is 12.2. The minimum Gasteiger partial charge on any atom is -0.501 e. The molecule has 0 atom stereocenters. The Hall–Kier alpha value is -2.31. The lowest BCUT2D eigenvalue weighted by Crippen LogP contribution is -2.18. The molecule has 18 heavy (non-hydrogen) atoms. The van der Waals surface area contributed by atoms with Crippen molar-refractivity contribution in [3.63, 3.8) is 0 Å². The Balaban J connectivity index is 2.54. The summed E-state index contributed by atoms with van der Waals surface area (Å²) in [7, 11) is 0. The van der Waals surface area contributed by atoms with Crippen LogP contribution < -0.4 is 4.90 Å². The zero-order valence-electron chi connectivity index (χ0n) is 9.50. The second kappa shape index (κ2) is 4.52. The molecule has 96 valence electrons. The highest BCUT2D eigenvalue weighted by atomic mass is 16.6. The number of anilines is 1. The van der Waals surface area contributed by atoms with E-state index in [1.165, 1.54) is 12.1 Å². The Morgan fingerprint density at radius 1 is 1.33 bits per heavy atom. The van der Waals surface area contributed by atoms with Crippen LogP contribution in [0.2, 0.25) is 0 Å². The molecule has 0 aromatic heterocycles. The number of hydrogen-bond acceptors (Lipinski definition) is 5. The van der Waals surface area contributed by atoms with Crippen LogP contribution in [0.15, 0.2) is 12.1 Å². The molecule has 1 saturated heterocycles. The molecule has 0 amide bonds. The van der Waals surface area contributed by atoms with Gasteiger partial charge in [0.1, 0.15) is 5.56 Å². The summed E-state index contributed by atoms with van der Waals surface area (Å²) in [6, 6.07) is 2.49. The van der Waals surface area contributed by atoms with Crippen LogP contribution in [0.4, 0.5) is 11.4 Å². The number of rotatable bonds is 3. The molecule has 1 fully saturated rings. The van der Waals surface area contributed by atoms with E-state index in [1.54, 1.807) is 0 Å². The maximum absolute atomic E-state index is 11.0. The molecule has 1 aromatic carbocycles. The molecule has 0 radical (unpaired) electrons. The molecule has 1 aliphatic rings. The summed E-state index contributed by atoms with van der Waals surface area (Å²) >= 11 is 0. The van der Waals surface area contributed by atoms with Crippen molar-refractivity contribution in [3.05, 3.63) is 27.8 Å². The van der Waals surface area contributed by atoms with Crippen LogP contribution in [-0.4, -0.2) is 34.2 Å². The Kier molecular flexibility index (Phi) is 3.05. The average Bonchev–Trinajstić information content (AvgIpc) is 2.82. The number of benzene rings is 1. The highest BCUT2D eigenvalue weighted by Gasteiger charge is 2.25. The third-order valence-corrected chi connectivity index (χ3v) is 2.97. The number of nitrogens with zero attached hydrogens (tertiary/aromatic N) is 2. The van der Waals surface area contributed by atoms with Gasteiger partial charge in [0.25, 0.3) is 0 Å². The van der Waals surface area contributed by atoms with Gasteiger partial charge in [-0.15, -0.1) is 0 Å². The van der Waals surface area contributed by atoms with E-state index in [1.807, 2.05) is 4.90 Å². The minimum absolute atomic E-state index is 0.439. The lowest BCUT2D eigenvalue weighted by atomic mass is 10.1. The first-order chi connectivity index (χ1) is 8.50. The quantitative estimate of drug-likeness (QED) is 0.625. The second-order valence-electron chi connectivity index (χ2n) is 4.12. The molecule has 2 rings (SSSR count). The van der Waals surface area contributed by atoms with Crippen molar-refractivity contribution in [1.82, 2.24) is 0 Å². The fraction of sp³-hybridized carbons (Fsp3) is 0.364. The fourth-order valence-electron chi connectivity index (χ4n) is 2.06. The van der Waals surface area contributed by atoms with Gasteiger partial charge in [0, 0.05) is 24.8 Å². The summed E-state index contributed by atoms with van der Waals surface area (Å²) in [5.41, 5.74) is -0.544. The number of aromatic carboxylic acids is 1. The Morgan fingerprint density at radius 3 is 2.44 bits per heavy atom. The van der Waals surface area contributed by atoms with Gasteiger partial charge in [0.15, 0.2) is 0 Å². The standard InChI is InChI=1S/C11H12N2O5/c14-10-8(11(15)16)5-7(6-9(10)13(17)18)12-3-1-2-4-12/h5-6,14H,1-4H2,(H,15,16). The van der Waals surface area contributed by atoms with Gasteiger partial charge in [0.2, 0.25) is 5.75 Å². The molecule has 1 heterocycles. The van der Waals surface area contributed by atoms with Crippen LogP contribution in [0.1, 0.15) is 23.2 Å². The third-order valence-electron chi connectivity index (χ3n) is 2.97. The van der Waals surface area contributed by atoms with Crippen molar-refractivity contribution in [1.29, 1.82) is 0 Å². The molecule has 1 aliphatic heterocycles. The molecule has 0 spiro atoms. The molecule has 7 heteroatoms. The summed E-state index contributed by atoms with van der Waals surface area (Å²) in [5.74, 6) is -2.17. The van der Waals surface area contributed by atoms with Crippen molar-refractivity contribution in [2.45, 2.75) is 12.8 Å². The van der Waals surface area contributed by atoms with Crippen LogP contribution in [0.3, 0.4) is 0 Å². The van der Waals surface area contributed by atoms with Crippen LogP contribution in [0, 0.1) is 10.1 Å². The number of phenols is 1. The maximum atomic E-state index is 11.0. The molecular formula is C11H12N2O5. The highest BCUT2D eigenvalue weighted by Crippen LogP contribution is 2.35. The monoisotopic (exact) mass is 252 g/mol. The largest absolute Gasteiger partial charge is 0.501 e. The van der Waals surface area contributed by atoms with Crippen LogP contribution in [0.5, 0.6) is 5.75 Å². The van der Waals surface area contributed by atoms with E-state index in [0.29, 0.717) is 5.69 Å². The summed E-state index contributed by atoms with van der Waals surface area (Å²) in [5, 5.41) is 29.3. The van der Waals surface area contributed by atoms with Gasteiger partial charge in [-0.2, -0.15) is 0 Å². The van der Waals surface area contributed by atoms with Crippen molar-refractivity contribution in [3.8, 4) is 5.75 Å². The normalized spacial score (nSPS) is 14.8. The lowest BCUT2D eigenvalue weighted by Gasteiger charge is -2.18. The maximum Gasteiger partial charge on any atom is 0.339 e. The molecule has 0 aliphatic carbocycles. The van der Waals surface area contributed by atoms with E-state index >= 15 is 0 Å². The predicted molar refractivity (Wildman–Crippen MR) is 63.2 cm³/mol. The molecule has 2 N–H and O–H groups in total. The number of carboxylic acid groups (broad SMARTS) is 1. The molecule has 1 aromatic rings. The predicted octanol–water partition coefficient (Wildman–Crippen LogP) is 1.60. The summed E-state index contributed by atoms with van der Waals surface area (Å²) in [6.07, 6.45) is 1.94. The van der Waals surface area contributed by atoms with Gasteiger partial charge in [-0.1, -0.05) is 0 Å². The number of nitro benzene ring substituents is 1. The second-order valence-corrected chi connectivity index (χ2v) is 4.12. The zero-order chi connectivity index (χ0) is 13.3. The van der Waals surface area contributed by atoms with Crippen molar-refractivity contribution in [2.24, 2.45) is 0 Å². The third kappa shape index (κ3) is 2.06. The lowest BCUT2D eigenvalue weighted by molar-refractivity contribution is -0.385. The van der Waals surface area contributed by atoms with Gasteiger partial charge in [0.05, 0.1) is 4.92 Å². The number of hydrogen-bond donors (Lipinski definition) is 2. The topological polar surface area (TPSA) is 104 Å². The van der Waals surface area contributed by atoms with Crippen molar-refractivity contribution >= 4 is 17.3 Å². The van der Waals surface area contributed by atoms with Crippen LogP contribution >= 0.6 is 0 Å². The summed E-state index contributed by atoms with van der Waals surface area (Å²) < 4.78 is 0. The van der Waals surface area contributed by atoms with Crippen LogP contribution in [0.25, 0.3) is 0 Å². The Bertz CT molecular complexity index is 473.